The summed E-state index contributed by atoms with van der Waals surface area (Å²) < 4.78 is 0. The highest BCUT2D eigenvalue weighted by molar-refractivity contribution is 5.80. The van der Waals surface area contributed by atoms with Gasteiger partial charge in [-0.2, -0.15) is 0 Å². The zero-order valence-electron chi connectivity index (χ0n) is 10.1. The van der Waals surface area contributed by atoms with Gasteiger partial charge in [-0.1, -0.05) is 33.6 Å². The minimum atomic E-state index is -0.707. The van der Waals surface area contributed by atoms with Crippen LogP contribution in [-0.2, 0) is 4.79 Å². The Balaban J connectivity index is 2.90. The van der Waals surface area contributed by atoms with E-state index in [-0.39, 0.29) is 5.41 Å². The van der Waals surface area contributed by atoms with Crippen molar-refractivity contribution < 1.29 is 9.90 Å². The number of nitrogens with one attached hydrogen (secondary N) is 1. The third kappa shape index (κ3) is 2.17. The molecule has 1 unspecified atom stereocenters. The average molecular weight is 213 g/mol. The highest BCUT2D eigenvalue weighted by Gasteiger charge is 2.51. The van der Waals surface area contributed by atoms with E-state index < -0.39 is 11.5 Å². The molecule has 1 aliphatic carbocycles. The van der Waals surface area contributed by atoms with E-state index in [0.29, 0.717) is 0 Å². The summed E-state index contributed by atoms with van der Waals surface area (Å²) in [6.07, 6.45) is 4.90. The number of carbonyl (C=O) groups is 1. The highest BCUT2D eigenvalue weighted by Crippen LogP contribution is 2.43. The fraction of sp³-hybridized carbons (Fsp3) is 0.917. The first kappa shape index (κ1) is 12.5. The van der Waals surface area contributed by atoms with Crippen molar-refractivity contribution in [3.63, 3.8) is 0 Å². The van der Waals surface area contributed by atoms with E-state index in [9.17, 15) is 9.90 Å². The van der Waals surface area contributed by atoms with E-state index in [1.54, 1.807) is 0 Å². The first-order chi connectivity index (χ1) is 6.96. The van der Waals surface area contributed by atoms with Gasteiger partial charge in [0.2, 0.25) is 0 Å². The van der Waals surface area contributed by atoms with Gasteiger partial charge in [-0.25, -0.2) is 0 Å². The Hall–Kier alpha value is -0.570. The zero-order valence-corrected chi connectivity index (χ0v) is 10.1. The maximum atomic E-state index is 11.5. The van der Waals surface area contributed by atoms with Crippen molar-refractivity contribution in [3.05, 3.63) is 0 Å². The first-order valence-electron chi connectivity index (χ1n) is 5.95. The first-order valence-corrected chi connectivity index (χ1v) is 5.95. The third-order valence-corrected chi connectivity index (χ3v) is 3.80. The van der Waals surface area contributed by atoms with Crippen molar-refractivity contribution in [1.29, 1.82) is 0 Å². The Labute approximate surface area is 92.3 Å². The average Bonchev–Trinajstić information content (AvgIpc) is 2.15. The van der Waals surface area contributed by atoms with Crippen molar-refractivity contribution in [2.75, 3.05) is 6.54 Å². The van der Waals surface area contributed by atoms with Crippen molar-refractivity contribution in [2.24, 2.45) is 5.41 Å². The lowest BCUT2D eigenvalue weighted by molar-refractivity contribution is -0.153. The summed E-state index contributed by atoms with van der Waals surface area (Å²) in [4.78, 5) is 11.5. The third-order valence-electron chi connectivity index (χ3n) is 3.80. The maximum Gasteiger partial charge on any atom is 0.324 e. The molecular formula is C12H23NO2. The molecule has 0 heterocycles. The minimum Gasteiger partial charge on any atom is -0.480 e. The molecule has 1 fully saturated rings. The van der Waals surface area contributed by atoms with Gasteiger partial charge in [0.1, 0.15) is 5.54 Å². The largest absolute Gasteiger partial charge is 0.480 e. The molecule has 1 saturated carbocycles. The number of hydrogen-bond donors (Lipinski definition) is 2. The van der Waals surface area contributed by atoms with Gasteiger partial charge in [-0.05, 0) is 31.2 Å². The number of aliphatic carboxylic acids is 1. The molecule has 3 heteroatoms. The lowest BCUT2D eigenvalue weighted by atomic mass is 9.63. The molecule has 0 bridgehead atoms. The summed E-state index contributed by atoms with van der Waals surface area (Å²) in [6, 6.07) is 0. The van der Waals surface area contributed by atoms with E-state index in [2.05, 4.69) is 26.1 Å². The maximum absolute atomic E-state index is 11.5. The van der Waals surface area contributed by atoms with Gasteiger partial charge in [-0.3, -0.25) is 4.79 Å². The summed E-state index contributed by atoms with van der Waals surface area (Å²) >= 11 is 0. The van der Waals surface area contributed by atoms with Gasteiger partial charge >= 0.3 is 5.97 Å². The van der Waals surface area contributed by atoms with Crippen LogP contribution in [0.15, 0.2) is 0 Å². The second kappa shape index (κ2) is 4.52. The van der Waals surface area contributed by atoms with E-state index >= 15 is 0 Å². The van der Waals surface area contributed by atoms with Gasteiger partial charge in [0.15, 0.2) is 0 Å². The highest BCUT2D eigenvalue weighted by atomic mass is 16.4. The molecule has 2 N–H and O–H groups in total. The number of hydrogen-bond acceptors (Lipinski definition) is 2. The quantitative estimate of drug-likeness (QED) is 0.754. The topological polar surface area (TPSA) is 49.3 Å². The van der Waals surface area contributed by atoms with Gasteiger partial charge in [0, 0.05) is 0 Å². The van der Waals surface area contributed by atoms with Crippen LogP contribution in [0.3, 0.4) is 0 Å². The van der Waals surface area contributed by atoms with Crippen LogP contribution in [0.2, 0.25) is 0 Å². The molecule has 0 spiro atoms. The molecule has 88 valence electrons. The molecule has 15 heavy (non-hydrogen) atoms. The van der Waals surface area contributed by atoms with Crippen LogP contribution >= 0.6 is 0 Å². The van der Waals surface area contributed by atoms with Crippen LogP contribution < -0.4 is 5.32 Å². The minimum absolute atomic E-state index is 0.147. The van der Waals surface area contributed by atoms with Crippen LogP contribution in [0, 0.1) is 5.41 Å². The van der Waals surface area contributed by atoms with E-state index in [1.807, 2.05) is 0 Å². The second-order valence-corrected chi connectivity index (χ2v) is 5.23. The molecule has 1 rings (SSSR count). The fourth-order valence-electron chi connectivity index (χ4n) is 2.65. The lowest BCUT2D eigenvalue weighted by Crippen LogP contribution is -2.63. The van der Waals surface area contributed by atoms with Crippen LogP contribution in [-0.4, -0.2) is 23.2 Å². The smallest absolute Gasteiger partial charge is 0.324 e. The van der Waals surface area contributed by atoms with Gasteiger partial charge in [-0.15, -0.1) is 0 Å². The summed E-state index contributed by atoms with van der Waals surface area (Å²) in [5.74, 6) is -0.680. The normalized spacial score (nSPS) is 30.1. The molecule has 0 aromatic heterocycles. The molecule has 1 atom stereocenters. The Bertz CT molecular complexity index is 238. The molecule has 3 nitrogen and oxygen atoms in total. The Morgan fingerprint density at radius 3 is 2.40 bits per heavy atom. The van der Waals surface area contributed by atoms with E-state index in [0.717, 1.165) is 38.6 Å². The van der Waals surface area contributed by atoms with Crippen molar-refractivity contribution in [1.82, 2.24) is 5.32 Å². The van der Waals surface area contributed by atoms with E-state index in [4.69, 9.17) is 0 Å². The van der Waals surface area contributed by atoms with Crippen molar-refractivity contribution >= 4 is 5.97 Å². The predicted octanol–water partition coefficient (Wildman–Crippen LogP) is 2.41. The SMILES string of the molecule is CCCNC1(C(=O)O)CCCCC1(C)C. The Kier molecular flexibility index (Phi) is 3.77. The second-order valence-electron chi connectivity index (χ2n) is 5.23. The molecule has 0 saturated heterocycles. The summed E-state index contributed by atoms with van der Waals surface area (Å²) in [7, 11) is 0. The number of rotatable bonds is 4. The molecule has 0 amide bonds. The molecule has 0 aromatic carbocycles. The molecule has 0 radical (unpaired) electrons. The summed E-state index contributed by atoms with van der Waals surface area (Å²) in [6.45, 7) is 7.00. The number of carboxylic acid groups (broad SMARTS) is 1. The summed E-state index contributed by atoms with van der Waals surface area (Å²) in [5, 5.41) is 12.8. The standard InChI is InChI=1S/C12H23NO2/c1-4-9-13-12(10(14)15)8-6-5-7-11(12,2)3/h13H,4-9H2,1-3H3,(H,14,15). The van der Waals surface area contributed by atoms with Crippen molar-refractivity contribution in [2.45, 2.75) is 58.4 Å². The van der Waals surface area contributed by atoms with Gasteiger partial charge in [0.25, 0.3) is 0 Å². The monoisotopic (exact) mass is 213 g/mol. The molecule has 0 aliphatic heterocycles. The summed E-state index contributed by atoms with van der Waals surface area (Å²) in [5.41, 5.74) is -0.854. The number of carboxylic acids is 1. The van der Waals surface area contributed by atoms with E-state index in [1.165, 1.54) is 0 Å². The van der Waals surface area contributed by atoms with Crippen LogP contribution in [0.1, 0.15) is 52.9 Å². The fourth-order valence-corrected chi connectivity index (χ4v) is 2.65. The molecular weight excluding hydrogens is 190 g/mol. The lowest BCUT2D eigenvalue weighted by Gasteiger charge is -2.47. The Morgan fingerprint density at radius 1 is 1.33 bits per heavy atom. The Morgan fingerprint density at radius 2 is 1.93 bits per heavy atom. The van der Waals surface area contributed by atoms with Crippen molar-refractivity contribution in [3.8, 4) is 0 Å². The molecule has 1 aliphatic rings. The van der Waals surface area contributed by atoms with Crippen LogP contribution in [0.25, 0.3) is 0 Å². The zero-order chi connectivity index (χ0) is 11.5. The van der Waals surface area contributed by atoms with Gasteiger partial charge in [0.05, 0.1) is 0 Å². The molecule has 0 aromatic rings. The van der Waals surface area contributed by atoms with Crippen LogP contribution in [0.4, 0.5) is 0 Å². The van der Waals surface area contributed by atoms with Crippen LogP contribution in [0.5, 0.6) is 0 Å². The predicted molar refractivity (Wildman–Crippen MR) is 60.9 cm³/mol. The van der Waals surface area contributed by atoms with Gasteiger partial charge < -0.3 is 10.4 Å².